The molecule has 0 saturated carbocycles. The molecule has 0 aromatic rings. The van der Waals surface area contributed by atoms with Gasteiger partial charge in [-0.1, -0.05) is 6.92 Å². The molecule has 2 aliphatic rings. The Kier molecular flexibility index (Phi) is 1.49. The summed E-state index contributed by atoms with van der Waals surface area (Å²) in [5.41, 5.74) is -0.369. The highest BCUT2D eigenvalue weighted by Gasteiger charge is 2.53. The van der Waals surface area contributed by atoms with Crippen LogP contribution >= 0.6 is 0 Å². The molecule has 2 atom stereocenters. The highest BCUT2D eigenvalue weighted by Crippen LogP contribution is 2.39. The third kappa shape index (κ3) is 0.829. The first kappa shape index (κ1) is 8.05. The van der Waals surface area contributed by atoms with Gasteiger partial charge in [-0.2, -0.15) is 0 Å². The molecule has 2 rings (SSSR count). The third-order valence-corrected chi connectivity index (χ3v) is 2.98. The smallest absolute Gasteiger partial charge is 0.229 e. The normalized spacial score (nSPS) is 38.9. The lowest BCUT2D eigenvalue weighted by molar-refractivity contribution is -0.231. The van der Waals surface area contributed by atoms with Crippen molar-refractivity contribution < 1.29 is 9.53 Å². The van der Waals surface area contributed by atoms with Crippen LogP contribution in [0.15, 0.2) is 0 Å². The van der Waals surface area contributed by atoms with Gasteiger partial charge in [-0.25, -0.2) is 0 Å². The van der Waals surface area contributed by atoms with Gasteiger partial charge in [0.15, 0.2) is 0 Å². The molecule has 3 nitrogen and oxygen atoms in total. The molecule has 2 saturated heterocycles. The predicted octanol–water partition coefficient (Wildman–Crippen LogP) is 0.990. The van der Waals surface area contributed by atoms with Gasteiger partial charge in [0.05, 0.1) is 12.5 Å². The highest BCUT2D eigenvalue weighted by atomic mass is 16.5. The number of nitrogens with zero attached hydrogens (tertiary/aromatic N) is 1. The summed E-state index contributed by atoms with van der Waals surface area (Å²) in [5.74, 6) is 0.456. The van der Waals surface area contributed by atoms with Crippen LogP contribution in [0.4, 0.5) is 0 Å². The van der Waals surface area contributed by atoms with Crippen LogP contribution in [0.5, 0.6) is 0 Å². The van der Waals surface area contributed by atoms with E-state index in [0.717, 1.165) is 13.0 Å². The van der Waals surface area contributed by atoms with Crippen molar-refractivity contribution in [1.82, 2.24) is 4.90 Å². The van der Waals surface area contributed by atoms with E-state index in [1.54, 1.807) is 0 Å². The number of hydrogen-bond acceptors (Lipinski definition) is 2. The maximum absolute atomic E-state index is 11.5. The van der Waals surface area contributed by atoms with Crippen molar-refractivity contribution in [2.45, 2.75) is 39.0 Å². The van der Waals surface area contributed by atoms with Crippen LogP contribution < -0.4 is 0 Å². The van der Waals surface area contributed by atoms with Gasteiger partial charge in [-0.15, -0.1) is 0 Å². The Morgan fingerprint density at radius 1 is 1.58 bits per heavy atom. The van der Waals surface area contributed by atoms with E-state index in [9.17, 15) is 4.79 Å². The van der Waals surface area contributed by atoms with Crippen LogP contribution in [0, 0.1) is 5.92 Å². The first-order valence-corrected chi connectivity index (χ1v) is 4.51. The SMILES string of the molecule is CC1C(=O)N2C1CCOC2(C)C. The van der Waals surface area contributed by atoms with E-state index in [2.05, 4.69) is 0 Å². The zero-order valence-corrected chi connectivity index (χ0v) is 7.83. The van der Waals surface area contributed by atoms with Crippen molar-refractivity contribution in [3.05, 3.63) is 0 Å². The number of β-lactam (4-membered cyclic amide) rings is 1. The minimum Gasteiger partial charge on any atom is -0.356 e. The summed E-state index contributed by atoms with van der Waals surface area (Å²) in [4.78, 5) is 13.3. The second-order valence-electron chi connectivity index (χ2n) is 4.15. The molecular formula is C9H15NO2. The van der Waals surface area contributed by atoms with E-state index >= 15 is 0 Å². The van der Waals surface area contributed by atoms with Gasteiger partial charge >= 0.3 is 0 Å². The molecule has 0 bridgehead atoms. The molecule has 0 aromatic carbocycles. The summed E-state index contributed by atoms with van der Waals surface area (Å²) in [6, 6.07) is 0.432. The van der Waals surface area contributed by atoms with Gasteiger partial charge in [0.2, 0.25) is 5.91 Å². The third-order valence-electron chi connectivity index (χ3n) is 2.98. The van der Waals surface area contributed by atoms with Crippen LogP contribution in [-0.4, -0.2) is 29.2 Å². The predicted molar refractivity (Wildman–Crippen MR) is 44.4 cm³/mol. The molecule has 2 fully saturated rings. The first-order valence-electron chi connectivity index (χ1n) is 4.51. The van der Waals surface area contributed by atoms with Gasteiger partial charge in [0, 0.05) is 6.04 Å². The lowest BCUT2D eigenvalue weighted by Crippen LogP contribution is -2.70. The summed E-state index contributed by atoms with van der Waals surface area (Å²) in [6.45, 7) is 6.71. The van der Waals surface area contributed by atoms with E-state index in [0.29, 0.717) is 6.04 Å². The number of hydrogen-bond donors (Lipinski definition) is 0. The van der Waals surface area contributed by atoms with Gasteiger partial charge in [0.25, 0.3) is 0 Å². The fraction of sp³-hybridized carbons (Fsp3) is 0.889. The van der Waals surface area contributed by atoms with Crippen LogP contribution in [-0.2, 0) is 9.53 Å². The Labute approximate surface area is 72.7 Å². The average Bonchev–Trinajstić information content (AvgIpc) is 2.01. The Morgan fingerprint density at radius 2 is 2.25 bits per heavy atom. The van der Waals surface area contributed by atoms with Gasteiger partial charge in [-0.05, 0) is 20.3 Å². The molecule has 2 unspecified atom stereocenters. The Morgan fingerprint density at radius 3 is 2.83 bits per heavy atom. The van der Waals surface area contributed by atoms with Crippen molar-refractivity contribution in [2.24, 2.45) is 5.92 Å². The molecule has 1 amide bonds. The second-order valence-corrected chi connectivity index (χ2v) is 4.15. The second kappa shape index (κ2) is 2.22. The van der Waals surface area contributed by atoms with E-state index in [1.807, 2.05) is 25.7 Å². The lowest BCUT2D eigenvalue weighted by atomic mass is 9.83. The molecular weight excluding hydrogens is 154 g/mol. The topological polar surface area (TPSA) is 29.5 Å². The van der Waals surface area contributed by atoms with E-state index in [-0.39, 0.29) is 17.6 Å². The van der Waals surface area contributed by atoms with Crippen LogP contribution in [0.3, 0.4) is 0 Å². The zero-order valence-electron chi connectivity index (χ0n) is 7.83. The Balaban J connectivity index is 2.20. The maximum atomic E-state index is 11.5. The number of amides is 1. The van der Waals surface area contributed by atoms with Crippen LogP contribution in [0.25, 0.3) is 0 Å². The quantitative estimate of drug-likeness (QED) is 0.506. The molecule has 12 heavy (non-hydrogen) atoms. The maximum Gasteiger partial charge on any atom is 0.229 e. The summed E-state index contributed by atoms with van der Waals surface area (Å²) < 4.78 is 5.52. The number of carbonyl (C=O) groups is 1. The van der Waals surface area contributed by atoms with Crippen LogP contribution in [0.1, 0.15) is 27.2 Å². The monoisotopic (exact) mass is 169 g/mol. The molecule has 0 aliphatic carbocycles. The lowest BCUT2D eigenvalue weighted by Gasteiger charge is -2.56. The average molecular weight is 169 g/mol. The highest BCUT2D eigenvalue weighted by molar-refractivity contribution is 5.86. The summed E-state index contributed by atoms with van der Waals surface area (Å²) in [7, 11) is 0. The van der Waals surface area contributed by atoms with Gasteiger partial charge in [-0.3, -0.25) is 4.79 Å². The molecule has 0 spiro atoms. The largest absolute Gasteiger partial charge is 0.356 e. The number of carbonyl (C=O) groups excluding carboxylic acids is 1. The number of ether oxygens (including phenoxy) is 1. The van der Waals surface area contributed by atoms with Gasteiger partial charge in [0.1, 0.15) is 5.72 Å². The molecule has 2 aliphatic heterocycles. The molecule has 3 heteroatoms. The minimum absolute atomic E-state index is 0.216. The Bertz CT molecular complexity index is 225. The standard InChI is InChI=1S/C9H15NO2/c1-6-7-4-5-12-9(2,3)10(7)8(6)11/h6-7H,4-5H2,1-3H3. The molecule has 68 valence electrons. The van der Waals surface area contributed by atoms with Crippen molar-refractivity contribution in [1.29, 1.82) is 0 Å². The summed E-state index contributed by atoms with van der Waals surface area (Å²) >= 11 is 0. The molecule has 0 radical (unpaired) electrons. The fourth-order valence-electron chi connectivity index (χ4n) is 2.23. The first-order chi connectivity index (χ1) is 5.54. The van der Waals surface area contributed by atoms with Crippen molar-refractivity contribution in [2.75, 3.05) is 6.61 Å². The summed E-state index contributed by atoms with van der Waals surface area (Å²) in [6.07, 6.45) is 0.996. The van der Waals surface area contributed by atoms with Crippen molar-refractivity contribution in [3.8, 4) is 0 Å². The molecule has 0 aromatic heterocycles. The molecule has 2 heterocycles. The van der Waals surface area contributed by atoms with Gasteiger partial charge < -0.3 is 9.64 Å². The number of rotatable bonds is 0. The van der Waals surface area contributed by atoms with Crippen LogP contribution in [0.2, 0.25) is 0 Å². The minimum atomic E-state index is -0.369. The van der Waals surface area contributed by atoms with E-state index < -0.39 is 0 Å². The van der Waals surface area contributed by atoms with E-state index in [4.69, 9.17) is 4.74 Å². The fourth-order valence-corrected chi connectivity index (χ4v) is 2.23. The summed E-state index contributed by atoms with van der Waals surface area (Å²) in [5, 5.41) is 0. The number of fused-ring (bicyclic) bond motifs is 1. The Hall–Kier alpha value is -0.570. The van der Waals surface area contributed by atoms with E-state index in [1.165, 1.54) is 0 Å². The van der Waals surface area contributed by atoms with Crippen molar-refractivity contribution in [3.63, 3.8) is 0 Å². The zero-order chi connectivity index (χ0) is 8.93. The van der Waals surface area contributed by atoms with Crippen molar-refractivity contribution >= 4 is 5.91 Å². The molecule has 0 N–H and O–H groups in total.